The summed E-state index contributed by atoms with van der Waals surface area (Å²) in [6.45, 7) is 0. The zero-order chi connectivity index (χ0) is 14.8. The van der Waals surface area contributed by atoms with Gasteiger partial charge in [0.25, 0.3) is 0 Å². The predicted octanol–water partition coefficient (Wildman–Crippen LogP) is 4.25. The number of nitrogens with zero attached hydrogens (tertiary/aromatic N) is 2. The Morgan fingerprint density at radius 2 is 1.82 bits per heavy atom. The lowest BCUT2D eigenvalue weighted by atomic mass is 10.1. The maximum atomic E-state index is 12.6. The Balaban J connectivity index is 2.24. The first-order chi connectivity index (χ1) is 10.7. The van der Waals surface area contributed by atoms with E-state index in [2.05, 4.69) is 0 Å². The van der Waals surface area contributed by atoms with Crippen LogP contribution in [0.4, 0.5) is 0 Å². The first-order valence-electron chi connectivity index (χ1n) is 6.98. The number of halogens is 1. The van der Waals surface area contributed by atoms with E-state index in [0.29, 0.717) is 5.52 Å². The minimum absolute atomic E-state index is 0.155. The second kappa shape index (κ2) is 3.96. The Kier molecular flexibility index (Phi) is 2.15. The van der Waals surface area contributed by atoms with Crippen LogP contribution in [-0.2, 0) is 0 Å². The Morgan fingerprint density at radius 1 is 1.00 bits per heavy atom. The Morgan fingerprint density at radius 3 is 2.73 bits per heavy atom. The predicted molar refractivity (Wildman–Crippen MR) is 90.2 cm³/mol. The Labute approximate surface area is 129 Å². The molecule has 5 rings (SSSR count). The second-order valence-electron chi connectivity index (χ2n) is 5.43. The fourth-order valence-electron chi connectivity index (χ4n) is 3.23. The van der Waals surface area contributed by atoms with Gasteiger partial charge in [-0.25, -0.2) is 4.98 Å². The molecule has 0 radical (unpaired) electrons. The summed E-state index contributed by atoms with van der Waals surface area (Å²) < 4.78 is 1.87. The van der Waals surface area contributed by atoms with Crippen LogP contribution in [-0.4, -0.2) is 9.38 Å². The van der Waals surface area contributed by atoms with E-state index >= 15 is 0 Å². The molecule has 22 heavy (non-hydrogen) atoms. The molecule has 0 atom stereocenters. The molecule has 0 amide bonds. The van der Waals surface area contributed by atoms with E-state index in [0.717, 1.165) is 32.7 Å². The average molecular weight is 305 g/mol. The number of fused-ring (bicyclic) bond motifs is 4. The van der Waals surface area contributed by atoms with E-state index in [1.165, 1.54) is 0 Å². The first-order valence-corrected chi connectivity index (χ1v) is 7.36. The second-order valence-corrected chi connectivity index (χ2v) is 5.84. The average Bonchev–Trinajstić information content (AvgIpc) is 2.90. The molecule has 4 heteroatoms. The van der Waals surface area contributed by atoms with Crippen molar-refractivity contribution in [2.24, 2.45) is 0 Å². The van der Waals surface area contributed by atoms with Crippen molar-refractivity contribution in [2.75, 3.05) is 0 Å². The number of hydrogen-bond donors (Lipinski definition) is 0. The van der Waals surface area contributed by atoms with Gasteiger partial charge < -0.3 is 0 Å². The molecular formula is C18H9ClN2O. The number of aromatic nitrogens is 2. The third kappa shape index (κ3) is 1.36. The quantitative estimate of drug-likeness (QED) is 0.429. The summed E-state index contributed by atoms with van der Waals surface area (Å²) in [7, 11) is 0. The number of benzene rings is 3. The summed E-state index contributed by atoms with van der Waals surface area (Å²) in [6, 6.07) is 15.5. The highest BCUT2D eigenvalue weighted by atomic mass is 35.5. The van der Waals surface area contributed by atoms with Gasteiger partial charge in [-0.3, -0.25) is 9.20 Å². The minimum Gasteiger partial charge on any atom is -0.296 e. The van der Waals surface area contributed by atoms with Crippen molar-refractivity contribution >= 4 is 49.8 Å². The smallest absolute Gasteiger partial charge is 0.221 e. The lowest BCUT2D eigenvalue weighted by Crippen LogP contribution is -2.08. The Bertz CT molecular complexity index is 1260. The van der Waals surface area contributed by atoms with Crippen LogP contribution in [0.15, 0.2) is 59.5 Å². The number of hydrogen-bond acceptors (Lipinski definition) is 2. The highest BCUT2D eigenvalue weighted by Gasteiger charge is 2.15. The van der Waals surface area contributed by atoms with Crippen molar-refractivity contribution in [1.29, 1.82) is 0 Å². The molecule has 0 spiro atoms. The molecule has 3 nitrogen and oxygen atoms in total. The van der Waals surface area contributed by atoms with Crippen LogP contribution in [0.2, 0.25) is 5.02 Å². The first kappa shape index (κ1) is 12.0. The van der Waals surface area contributed by atoms with Crippen molar-refractivity contribution < 1.29 is 0 Å². The summed E-state index contributed by atoms with van der Waals surface area (Å²) in [6.07, 6.45) is 1.95. The molecule has 0 N–H and O–H groups in total. The standard InChI is InChI=1S/C18H9ClN2O/c19-13-8-10-5-3-7-14-15(10)16(17(13)22)21-9-11-4-1-2-6-12(11)18(21)20-14/h1-9H. The van der Waals surface area contributed by atoms with Crippen molar-refractivity contribution in [3.63, 3.8) is 0 Å². The van der Waals surface area contributed by atoms with Gasteiger partial charge in [-0.15, -0.1) is 0 Å². The maximum absolute atomic E-state index is 12.6. The summed E-state index contributed by atoms with van der Waals surface area (Å²) in [4.78, 5) is 17.4. The zero-order valence-corrected chi connectivity index (χ0v) is 12.1. The summed E-state index contributed by atoms with van der Waals surface area (Å²) in [5.74, 6) is 0. The molecule has 3 aromatic carbocycles. The molecule has 0 unspecified atom stereocenters. The van der Waals surface area contributed by atoms with Gasteiger partial charge in [0.05, 0.1) is 10.5 Å². The Hall–Kier alpha value is -2.65. The van der Waals surface area contributed by atoms with Crippen molar-refractivity contribution in [3.8, 4) is 0 Å². The van der Waals surface area contributed by atoms with E-state index in [4.69, 9.17) is 16.6 Å². The largest absolute Gasteiger partial charge is 0.296 e. The van der Waals surface area contributed by atoms with Gasteiger partial charge in [-0.1, -0.05) is 48.0 Å². The van der Waals surface area contributed by atoms with Crippen LogP contribution in [0.5, 0.6) is 0 Å². The van der Waals surface area contributed by atoms with Crippen molar-refractivity contribution in [3.05, 3.63) is 70.0 Å². The third-order valence-electron chi connectivity index (χ3n) is 4.19. The normalized spacial score (nSPS) is 12.0. The lowest BCUT2D eigenvalue weighted by Gasteiger charge is -2.07. The van der Waals surface area contributed by atoms with E-state index < -0.39 is 0 Å². The number of rotatable bonds is 0. The fraction of sp³-hybridized carbons (Fsp3) is 0. The molecule has 0 aliphatic rings. The molecular weight excluding hydrogens is 296 g/mol. The van der Waals surface area contributed by atoms with Gasteiger partial charge in [0.2, 0.25) is 5.43 Å². The van der Waals surface area contributed by atoms with Gasteiger partial charge in [0.1, 0.15) is 11.2 Å². The van der Waals surface area contributed by atoms with Crippen molar-refractivity contribution in [1.82, 2.24) is 9.38 Å². The van der Waals surface area contributed by atoms with Crippen LogP contribution in [0.3, 0.4) is 0 Å². The third-order valence-corrected chi connectivity index (χ3v) is 4.47. The molecule has 0 saturated carbocycles. The highest BCUT2D eigenvalue weighted by Crippen LogP contribution is 2.30. The summed E-state index contributed by atoms with van der Waals surface area (Å²) in [5, 5.41) is 4.13. The van der Waals surface area contributed by atoms with Crippen LogP contribution >= 0.6 is 11.6 Å². The molecule has 0 aliphatic heterocycles. The minimum atomic E-state index is -0.155. The molecule has 0 aliphatic carbocycles. The molecule has 104 valence electrons. The molecule has 0 bridgehead atoms. The van der Waals surface area contributed by atoms with E-state index in [1.807, 2.05) is 53.1 Å². The lowest BCUT2D eigenvalue weighted by molar-refractivity contribution is 1.22. The van der Waals surface area contributed by atoms with E-state index in [9.17, 15) is 4.79 Å². The zero-order valence-electron chi connectivity index (χ0n) is 11.4. The maximum Gasteiger partial charge on any atom is 0.221 e. The van der Waals surface area contributed by atoms with Gasteiger partial charge in [-0.2, -0.15) is 0 Å². The van der Waals surface area contributed by atoms with Crippen LogP contribution < -0.4 is 5.43 Å². The van der Waals surface area contributed by atoms with Crippen molar-refractivity contribution in [2.45, 2.75) is 0 Å². The van der Waals surface area contributed by atoms with Gasteiger partial charge in [0.15, 0.2) is 0 Å². The van der Waals surface area contributed by atoms with Gasteiger partial charge in [-0.05, 0) is 17.5 Å². The molecule has 2 heterocycles. The summed E-state index contributed by atoms with van der Waals surface area (Å²) in [5.41, 5.74) is 2.05. The molecule has 2 aromatic heterocycles. The van der Waals surface area contributed by atoms with Gasteiger partial charge in [0, 0.05) is 22.4 Å². The van der Waals surface area contributed by atoms with Crippen LogP contribution in [0, 0.1) is 0 Å². The van der Waals surface area contributed by atoms with Crippen LogP contribution in [0.25, 0.3) is 38.2 Å². The monoisotopic (exact) mass is 304 g/mol. The topological polar surface area (TPSA) is 34.4 Å². The molecule has 5 aromatic rings. The summed E-state index contributed by atoms with van der Waals surface area (Å²) >= 11 is 6.16. The molecule has 0 saturated heterocycles. The van der Waals surface area contributed by atoms with E-state index in [-0.39, 0.29) is 10.5 Å². The fourth-order valence-corrected chi connectivity index (χ4v) is 3.44. The highest BCUT2D eigenvalue weighted by molar-refractivity contribution is 6.32. The van der Waals surface area contributed by atoms with E-state index in [1.54, 1.807) is 6.07 Å². The molecule has 0 fully saturated rings. The van der Waals surface area contributed by atoms with Crippen LogP contribution in [0.1, 0.15) is 0 Å². The SMILES string of the molecule is O=c1c(Cl)cc2cccc3nc4c5ccccc5cn4c1c23. The van der Waals surface area contributed by atoms with Gasteiger partial charge >= 0.3 is 0 Å².